The van der Waals surface area contributed by atoms with Crippen molar-refractivity contribution in [3.05, 3.63) is 34.9 Å². The van der Waals surface area contributed by atoms with E-state index in [2.05, 4.69) is 20.9 Å². The van der Waals surface area contributed by atoms with Crippen LogP contribution in [-0.2, 0) is 4.79 Å². The van der Waals surface area contributed by atoms with Crippen molar-refractivity contribution in [2.75, 3.05) is 11.4 Å². The summed E-state index contributed by atoms with van der Waals surface area (Å²) < 4.78 is 1.01. The van der Waals surface area contributed by atoms with E-state index in [1.807, 2.05) is 29.2 Å². The number of halogens is 1. The molecule has 1 aromatic heterocycles. The molecule has 2 aromatic rings. The monoisotopic (exact) mass is 320 g/mol. The summed E-state index contributed by atoms with van der Waals surface area (Å²) in [5.74, 6) is 0.00307. The maximum absolute atomic E-state index is 11.3. The number of carboxylic acid groups (broad SMARTS) is 1. The van der Waals surface area contributed by atoms with Gasteiger partial charge in [0.1, 0.15) is 11.9 Å². The van der Waals surface area contributed by atoms with Crippen LogP contribution in [0.4, 0.5) is 5.82 Å². The number of pyridine rings is 1. The topological polar surface area (TPSA) is 53.4 Å². The zero-order chi connectivity index (χ0) is 13.4. The highest BCUT2D eigenvalue weighted by atomic mass is 79.9. The van der Waals surface area contributed by atoms with Gasteiger partial charge in [0.05, 0.1) is 0 Å². The number of carboxylic acids is 1. The van der Waals surface area contributed by atoms with E-state index in [1.54, 1.807) is 6.20 Å². The average molecular weight is 321 g/mol. The van der Waals surface area contributed by atoms with Gasteiger partial charge in [0.15, 0.2) is 0 Å². The molecule has 1 fully saturated rings. The minimum Gasteiger partial charge on any atom is -0.480 e. The van der Waals surface area contributed by atoms with E-state index in [0.29, 0.717) is 6.42 Å². The largest absolute Gasteiger partial charge is 0.480 e. The number of anilines is 1. The van der Waals surface area contributed by atoms with E-state index in [-0.39, 0.29) is 0 Å². The lowest BCUT2D eigenvalue weighted by atomic mass is 10.1. The van der Waals surface area contributed by atoms with Crippen LogP contribution in [0.1, 0.15) is 12.8 Å². The second-order valence-electron chi connectivity index (χ2n) is 4.69. The van der Waals surface area contributed by atoms with Crippen LogP contribution in [0.3, 0.4) is 0 Å². The van der Waals surface area contributed by atoms with Crippen molar-refractivity contribution >= 4 is 38.5 Å². The van der Waals surface area contributed by atoms with Crippen molar-refractivity contribution in [3.63, 3.8) is 0 Å². The second kappa shape index (κ2) is 4.81. The number of fused-ring (bicyclic) bond motifs is 1. The first kappa shape index (κ1) is 12.4. The third-order valence-electron chi connectivity index (χ3n) is 3.52. The first-order chi connectivity index (χ1) is 9.16. The number of hydrogen-bond acceptors (Lipinski definition) is 3. The fraction of sp³-hybridized carbons (Fsp3) is 0.286. The molecule has 0 radical (unpaired) electrons. The van der Waals surface area contributed by atoms with Gasteiger partial charge in [0.25, 0.3) is 0 Å². The zero-order valence-electron chi connectivity index (χ0n) is 10.2. The Bertz CT molecular complexity index is 644. The van der Waals surface area contributed by atoms with E-state index < -0.39 is 12.0 Å². The molecule has 0 spiro atoms. The van der Waals surface area contributed by atoms with Gasteiger partial charge < -0.3 is 10.0 Å². The van der Waals surface area contributed by atoms with E-state index in [9.17, 15) is 9.90 Å². The summed E-state index contributed by atoms with van der Waals surface area (Å²) in [6, 6.07) is 7.45. The molecular weight excluding hydrogens is 308 g/mol. The number of nitrogens with zero attached hydrogens (tertiary/aromatic N) is 2. The molecule has 0 amide bonds. The van der Waals surface area contributed by atoms with Gasteiger partial charge in [-0.3, -0.25) is 0 Å². The lowest BCUT2D eigenvalue weighted by molar-refractivity contribution is -0.138. The molecule has 1 atom stereocenters. The predicted octanol–water partition coefficient (Wildman–Crippen LogP) is 3.05. The van der Waals surface area contributed by atoms with Gasteiger partial charge in [0, 0.05) is 22.6 Å². The van der Waals surface area contributed by atoms with Crippen molar-refractivity contribution in [3.8, 4) is 0 Å². The van der Waals surface area contributed by atoms with Crippen LogP contribution < -0.4 is 4.90 Å². The summed E-state index contributed by atoms with van der Waals surface area (Å²) in [6.45, 7) is 0.749. The first-order valence-electron chi connectivity index (χ1n) is 6.20. The van der Waals surface area contributed by atoms with E-state index in [0.717, 1.165) is 34.0 Å². The standard InChI is InChI=1S/C14H13BrN2O2/c15-10-3-4-11-9(8-10)5-6-16-13(11)17-7-1-2-12(17)14(18)19/h3-6,8,12H,1-2,7H2,(H,18,19)/t12-/m0/s1. The van der Waals surface area contributed by atoms with Crippen molar-refractivity contribution in [1.82, 2.24) is 4.98 Å². The molecule has 0 aliphatic carbocycles. The highest BCUT2D eigenvalue weighted by molar-refractivity contribution is 9.10. The molecule has 0 saturated carbocycles. The van der Waals surface area contributed by atoms with E-state index in [1.165, 1.54) is 0 Å². The number of benzene rings is 1. The fourth-order valence-electron chi connectivity index (χ4n) is 2.64. The summed E-state index contributed by atoms with van der Waals surface area (Å²) in [5.41, 5.74) is 0. The predicted molar refractivity (Wildman–Crippen MR) is 77.4 cm³/mol. The van der Waals surface area contributed by atoms with Gasteiger partial charge in [-0.15, -0.1) is 0 Å². The summed E-state index contributed by atoms with van der Waals surface area (Å²) in [6.07, 6.45) is 3.32. The van der Waals surface area contributed by atoms with Crippen molar-refractivity contribution in [1.29, 1.82) is 0 Å². The van der Waals surface area contributed by atoms with Gasteiger partial charge in [-0.05, 0) is 42.5 Å². The second-order valence-corrected chi connectivity index (χ2v) is 5.61. The highest BCUT2D eigenvalue weighted by Crippen LogP contribution is 2.31. The Morgan fingerprint density at radius 2 is 2.26 bits per heavy atom. The molecule has 98 valence electrons. The number of rotatable bonds is 2. The quantitative estimate of drug-likeness (QED) is 0.924. The van der Waals surface area contributed by atoms with Crippen LogP contribution in [0.5, 0.6) is 0 Å². The smallest absolute Gasteiger partial charge is 0.326 e. The van der Waals surface area contributed by atoms with Gasteiger partial charge >= 0.3 is 5.97 Å². The Labute approximate surface area is 119 Å². The Kier molecular flexibility index (Phi) is 3.14. The molecular formula is C14H13BrN2O2. The maximum atomic E-state index is 11.3. The average Bonchev–Trinajstić information content (AvgIpc) is 2.86. The Hall–Kier alpha value is -1.62. The minimum absolute atomic E-state index is 0.457. The third-order valence-corrected chi connectivity index (χ3v) is 4.01. The minimum atomic E-state index is -0.770. The van der Waals surface area contributed by atoms with E-state index >= 15 is 0 Å². The molecule has 4 nitrogen and oxygen atoms in total. The molecule has 1 aliphatic rings. The van der Waals surface area contributed by atoms with Crippen LogP contribution >= 0.6 is 15.9 Å². The number of hydrogen-bond donors (Lipinski definition) is 1. The van der Waals surface area contributed by atoms with Crippen LogP contribution in [0.15, 0.2) is 34.9 Å². The van der Waals surface area contributed by atoms with Crippen LogP contribution in [-0.4, -0.2) is 28.6 Å². The molecule has 0 bridgehead atoms. The van der Waals surface area contributed by atoms with E-state index in [4.69, 9.17) is 0 Å². The van der Waals surface area contributed by atoms with Gasteiger partial charge in [-0.2, -0.15) is 0 Å². The highest BCUT2D eigenvalue weighted by Gasteiger charge is 2.32. The van der Waals surface area contributed by atoms with Gasteiger partial charge in [0.2, 0.25) is 0 Å². The molecule has 1 saturated heterocycles. The van der Waals surface area contributed by atoms with Crippen LogP contribution in [0.25, 0.3) is 10.8 Å². The summed E-state index contributed by atoms with van der Waals surface area (Å²) >= 11 is 3.45. The van der Waals surface area contributed by atoms with Crippen LogP contribution in [0, 0.1) is 0 Å². The molecule has 1 aromatic carbocycles. The third kappa shape index (κ3) is 2.18. The first-order valence-corrected chi connectivity index (χ1v) is 7.00. The molecule has 5 heteroatoms. The van der Waals surface area contributed by atoms with Crippen LogP contribution in [0.2, 0.25) is 0 Å². The molecule has 0 unspecified atom stereocenters. The van der Waals surface area contributed by atoms with Crippen molar-refractivity contribution in [2.45, 2.75) is 18.9 Å². The lowest BCUT2D eigenvalue weighted by Crippen LogP contribution is -2.36. The SMILES string of the molecule is O=C(O)[C@@H]1CCCN1c1nccc2cc(Br)ccc12. The van der Waals surface area contributed by atoms with Gasteiger partial charge in [-0.25, -0.2) is 9.78 Å². The molecule has 1 N–H and O–H groups in total. The maximum Gasteiger partial charge on any atom is 0.326 e. The fourth-order valence-corrected chi connectivity index (χ4v) is 3.02. The zero-order valence-corrected chi connectivity index (χ0v) is 11.8. The normalized spacial score (nSPS) is 19.0. The summed E-state index contributed by atoms with van der Waals surface area (Å²) in [4.78, 5) is 17.6. The lowest BCUT2D eigenvalue weighted by Gasteiger charge is -2.23. The number of aromatic nitrogens is 1. The summed E-state index contributed by atoms with van der Waals surface area (Å²) in [5, 5.41) is 11.3. The molecule has 1 aliphatic heterocycles. The van der Waals surface area contributed by atoms with Crippen molar-refractivity contribution in [2.24, 2.45) is 0 Å². The van der Waals surface area contributed by atoms with Gasteiger partial charge in [-0.1, -0.05) is 15.9 Å². The Balaban J connectivity index is 2.12. The molecule has 19 heavy (non-hydrogen) atoms. The number of aliphatic carboxylic acids is 1. The molecule has 3 rings (SSSR count). The summed E-state index contributed by atoms with van der Waals surface area (Å²) in [7, 11) is 0. The molecule has 2 heterocycles. The van der Waals surface area contributed by atoms with Crippen molar-refractivity contribution < 1.29 is 9.90 Å². The Morgan fingerprint density at radius 3 is 3.05 bits per heavy atom. The number of carbonyl (C=O) groups is 1. The Morgan fingerprint density at radius 1 is 1.42 bits per heavy atom.